The summed E-state index contributed by atoms with van der Waals surface area (Å²) in [4.78, 5) is 50.1. The minimum atomic E-state index is -0.648. The van der Waals surface area contributed by atoms with E-state index >= 15 is 0 Å². The first-order valence-corrected chi connectivity index (χ1v) is 9.06. The number of benzene rings is 1. The third-order valence-electron chi connectivity index (χ3n) is 4.63. The lowest BCUT2D eigenvalue weighted by Crippen LogP contribution is -2.48. The molecule has 3 amide bonds. The molecule has 9 nitrogen and oxygen atoms in total. The summed E-state index contributed by atoms with van der Waals surface area (Å²) in [5, 5.41) is 8.97. The summed E-state index contributed by atoms with van der Waals surface area (Å²) in [7, 11) is 1.51. The quantitative estimate of drug-likeness (QED) is 0.723. The van der Waals surface area contributed by atoms with Crippen LogP contribution in [0.3, 0.4) is 0 Å². The molecule has 1 fully saturated rings. The largest absolute Gasteiger partial charge is 0.357 e. The van der Waals surface area contributed by atoms with Crippen LogP contribution in [0.5, 0.6) is 0 Å². The number of rotatable bonds is 5. The van der Waals surface area contributed by atoms with Gasteiger partial charge in [-0.05, 0) is 43.2 Å². The number of halogens is 1. The van der Waals surface area contributed by atoms with Gasteiger partial charge in [0, 0.05) is 19.7 Å². The van der Waals surface area contributed by atoms with Crippen molar-refractivity contribution in [2.45, 2.75) is 18.9 Å². The molecule has 1 aliphatic rings. The van der Waals surface area contributed by atoms with Crippen molar-refractivity contribution in [1.82, 2.24) is 25.3 Å². The van der Waals surface area contributed by atoms with Crippen LogP contribution in [0.15, 0.2) is 41.2 Å². The van der Waals surface area contributed by atoms with Crippen LogP contribution < -0.4 is 16.2 Å². The Morgan fingerprint density at radius 2 is 1.90 bits per heavy atom. The molecule has 1 aliphatic heterocycles. The van der Waals surface area contributed by atoms with Gasteiger partial charge in [-0.1, -0.05) is 0 Å². The molecule has 2 aromatic rings. The molecule has 2 N–H and O–H groups in total. The summed E-state index contributed by atoms with van der Waals surface area (Å²) in [5.74, 6) is -1.73. The molecule has 1 aromatic heterocycles. The number of carbonyl (C=O) groups is 3. The molecule has 0 aliphatic carbocycles. The van der Waals surface area contributed by atoms with E-state index in [1.165, 1.54) is 42.3 Å². The van der Waals surface area contributed by atoms with Gasteiger partial charge in [0.15, 0.2) is 0 Å². The van der Waals surface area contributed by atoms with E-state index in [1.54, 1.807) is 0 Å². The van der Waals surface area contributed by atoms with Crippen LogP contribution in [-0.2, 0) is 9.59 Å². The minimum Gasteiger partial charge on any atom is -0.357 e. The summed E-state index contributed by atoms with van der Waals surface area (Å²) < 4.78 is 14.1. The number of likely N-dealkylation sites (N-methyl/N-ethyl adjacent to an activating group) is 1. The lowest BCUT2D eigenvalue weighted by Gasteiger charge is -2.23. The highest BCUT2D eigenvalue weighted by Crippen LogP contribution is 2.17. The van der Waals surface area contributed by atoms with E-state index in [2.05, 4.69) is 15.7 Å². The van der Waals surface area contributed by atoms with Crippen LogP contribution in [0.4, 0.5) is 4.39 Å². The fourth-order valence-electron chi connectivity index (χ4n) is 3.15. The summed E-state index contributed by atoms with van der Waals surface area (Å²) in [6.45, 7) is 0.143. The zero-order valence-electron chi connectivity index (χ0n) is 15.7. The van der Waals surface area contributed by atoms with E-state index in [9.17, 15) is 23.6 Å². The molecule has 29 heavy (non-hydrogen) atoms. The van der Waals surface area contributed by atoms with Crippen LogP contribution in [0.25, 0.3) is 5.69 Å². The van der Waals surface area contributed by atoms with Gasteiger partial charge < -0.3 is 15.5 Å². The van der Waals surface area contributed by atoms with Crippen molar-refractivity contribution in [2.24, 2.45) is 0 Å². The zero-order chi connectivity index (χ0) is 21.0. The Balaban J connectivity index is 1.69. The van der Waals surface area contributed by atoms with Gasteiger partial charge in [0.25, 0.3) is 11.5 Å². The highest BCUT2D eigenvalue weighted by Gasteiger charge is 2.33. The van der Waals surface area contributed by atoms with E-state index in [0.29, 0.717) is 25.1 Å². The van der Waals surface area contributed by atoms with Gasteiger partial charge >= 0.3 is 0 Å². The highest BCUT2D eigenvalue weighted by atomic mass is 19.1. The first-order chi connectivity index (χ1) is 13.9. The highest BCUT2D eigenvalue weighted by molar-refractivity contribution is 5.95. The standard InChI is InChI=1S/C19H20FN5O4/c1-21-19(29)15-3-2-10-24(15)17(27)11-22-18(28)14-8-9-16(26)25(23-14)13-6-4-12(20)5-7-13/h4-9,15H,2-3,10-11H2,1H3,(H,21,29)(H,22,28). The number of hydrogen-bond acceptors (Lipinski definition) is 5. The van der Waals surface area contributed by atoms with E-state index in [-0.39, 0.29) is 24.1 Å². The molecule has 3 rings (SSSR count). The van der Waals surface area contributed by atoms with Crippen LogP contribution in [0, 0.1) is 5.82 Å². The fraction of sp³-hybridized carbons (Fsp3) is 0.316. The molecule has 152 valence electrons. The molecular formula is C19H20FN5O4. The topological polar surface area (TPSA) is 113 Å². The summed E-state index contributed by atoms with van der Waals surface area (Å²) in [5.41, 5.74) is -0.270. The number of nitrogens with one attached hydrogen (secondary N) is 2. The van der Waals surface area contributed by atoms with Gasteiger partial charge in [0.05, 0.1) is 12.2 Å². The number of amides is 3. The second-order valence-electron chi connectivity index (χ2n) is 6.49. The molecular weight excluding hydrogens is 381 g/mol. The summed E-state index contributed by atoms with van der Waals surface area (Å²) in [6.07, 6.45) is 1.28. The average Bonchev–Trinajstić information content (AvgIpc) is 3.22. The zero-order valence-corrected chi connectivity index (χ0v) is 15.7. The van der Waals surface area contributed by atoms with Crippen LogP contribution in [0.1, 0.15) is 23.3 Å². The lowest BCUT2D eigenvalue weighted by molar-refractivity contribution is -0.137. The van der Waals surface area contributed by atoms with E-state index in [0.717, 1.165) is 10.7 Å². The van der Waals surface area contributed by atoms with Crippen molar-refractivity contribution in [2.75, 3.05) is 20.1 Å². The Morgan fingerprint density at radius 1 is 1.17 bits per heavy atom. The Bertz CT molecular complexity index is 989. The fourth-order valence-corrected chi connectivity index (χ4v) is 3.15. The smallest absolute Gasteiger partial charge is 0.272 e. The second-order valence-corrected chi connectivity index (χ2v) is 6.49. The van der Waals surface area contributed by atoms with Crippen molar-refractivity contribution in [3.8, 4) is 5.69 Å². The number of likely N-dealkylation sites (tertiary alicyclic amines) is 1. The number of carbonyl (C=O) groups excluding carboxylic acids is 3. The maximum Gasteiger partial charge on any atom is 0.272 e. The molecule has 0 radical (unpaired) electrons. The first kappa shape index (κ1) is 20.2. The number of hydrogen-bond donors (Lipinski definition) is 2. The predicted molar refractivity (Wildman–Crippen MR) is 101 cm³/mol. The van der Waals surface area contributed by atoms with Crippen molar-refractivity contribution >= 4 is 17.7 Å². The Labute approximate surface area is 165 Å². The third-order valence-corrected chi connectivity index (χ3v) is 4.63. The van der Waals surface area contributed by atoms with Crippen LogP contribution >= 0.6 is 0 Å². The Morgan fingerprint density at radius 3 is 2.59 bits per heavy atom. The molecule has 0 spiro atoms. The second kappa shape index (κ2) is 8.63. The van der Waals surface area contributed by atoms with E-state index < -0.39 is 23.3 Å². The van der Waals surface area contributed by atoms with Crippen molar-refractivity contribution in [3.63, 3.8) is 0 Å². The van der Waals surface area contributed by atoms with E-state index in [4.69, 9.17) is 0 Å². The predicted octanol–water partition coefficient (Wildman–Crippen LogP) is -0.162. The molecule has 1 aromatic carbocycles. The molecule has 0 saturated carbocycles. The summed E-state index contributed by atoms with van der Waals surface area (Å²) in [6, 6.07) is 6.94. The molecule has 2 heterocycles. The molecule has 1 saturated heterocycles. The SMILES string of the molecule is CNC(=O)C1CCCN1C(=O)CNC(=O)c1ccc(=O)n(-c2ccc(F)cc2)n1. The van der Waals surface area contributed by atoms with Gasteiger partial charge in [0.1, 0.15) is 17.6 Å². The molecule has 10 heteroatoms. The first-order valence-electron chi connectivity index (χ1n) is 9.06. The third kappa shape index (κ3) is 4.48. The molecule has 1 unspecified atom stereocenters. The normalized spacial score (nSPS) is 15.8. The van der Waals surface area contributed by atoms with Gasteiger partial charge in [-0.25, -0.2) is 4.39 Å². The monoisotopic (exact) mass is 401 g/mol. The summed E-state index contributed by atoms with van der Waals surface area (Å²) >= 11 is 0. The van der Waals surface area contributed by atoms with Gasteiger partial charge in [0.2, 0.25) is 11.8 Å². The van der Waals surface area contributed by atoms with Crippen molar-refractivity contribution in [3.05, 3.63) is 58.3 Å². The maximum absolute atomic E-state index is 13.1. The van der Waals surface area contributed by atoms with Gasteiger partial charge in [-0.3, -0.25) is 19.2 Å². The Hall–Kier alpha value is -3.56. The number of nitrogens with zero attached hydrogens (tertiary/aromatic N) is 3. The van der Waals surface area contributed by atoms with Crippen LogP contribution in [0.2, 0.25) is 0 Å². The van der Waals surface area contributed by atoms with Gasteiger partial charge in [-0.2, -0.15) is 9.78 Å². The Kier molecular flexibility index (Phi) is 6.01. The van der Waals surface area contributed by atoms with Gasteiger partial charge in [-0.15, -0.1) is 0 Å². The van der Waals surface area contributed by atoms with Crippen molar-refractivity contribution in [1.29, 1.82) is 0 Å². The number of aromatic nitrogens is 2. The molecule has 0 bridgehead atoms. The van der Waals surface area contributed by atoms with E-state index in [1.807, 2.05) is 0 Å². The maximum atomic E-state index is 13.1. The minimum absolute atomic E-state index is 0.0778. The average molecular weight is 401 g/mol. The lowest BCUT2D eigenvalue weighted by atomic mass is 10.2. The van der Waals surface area contributed by atoms with Crippen molar-refractivity contribution < 1.29 is 18.8 Å². The molecule has 1 atom stereocenters. The van der Waals surface area contributed by atoms with Crippen LogP contribution in [-0.4, -0.2) is 58.6 Å².